The number of amides is 1. The monoisotopic (exact) mass is 484 g/mol. The standard InChI is InChI=1S/C24H25ClN4O3S/c25-20-3-1-19-16-23(4-2-18(19)15-20)33(31,32)28-13-14-29(24(30)17-28)22-7-11-27(12-8-22)21-5-9-26-10-6-21/h1-6,9-10,15-16,22H,7-8,11-14,17H2. The minimum absolute atomic E-state index is 0.119. The molecule has 0 atom stereocenters. The Hall–Kier alpha value is -2.68. The average Bonchev–Trinajstić information content (AvgIpc) is 2.84. The molecule has 7 nitrogen and oxygen atoms in total. The number of carbonyl (C=O) groups is 1. The van der Waals surface area contributed by atoms with E-state index in [0.29, 0.717) is 18.1 Å². The van der Waals surface area contributed by atoms with Crippen LogP contribution in [0, 0.1) is 0 Å². The van der Waals surface area contributed by atoms with Crippen LogP contribution in [0.1, 0.15) is 12.8 Å². The summed E-state index contributed by atoms with van der Waals surface area (Å²) in [4.78, 5) is 21.4. The molecule has 2 aromatic carbocycles. The van der Waals surface area contributed by atoms with Crippen LogP contribution in [0.4, 0.5) is 5.69 Å². The molecule has 172 valence electrons. The molecule has 2 aliphatic heterocycles. The van der Waals surface area contributed by atoms with Crippen molar-refractivity contribution in [3.8, 4) is 0 Å². The minimum Gasteiger partial charge on any atom is -0.371 e. The van der Waals surface area contributed by atoms with Gasteiger partial charge in [0.1, 0.15) is 0 Å². The summed E-state index contributed by atoms with van der Waals surface area (Å²) in [5, 5.41) is 2.28. The Kier molecular flexibility index (Phi) is 5.99. The van der Waals surface area contributed by atoms with E-state index in [1.807, 2.05) is 17.0 Å². The number of anilines is 1. The number of piperazine rings is 1. The van der Waals surface area contributed by atoms with Gasteiger partial charge < -0.3 is 9.80 Å². The maximum absolute atomic E-state index is 13.2. The van der Waals surface area contributed by atoms with Gasteiger partial charge in [-0.2, -0.15) is 4.31 Å². The SMILES string of the molecule is O=C1CN(S(=O)(=O)c2ccc3cc(Cl)ccc3c2)CCN1C1CCN(c2ccncc2)CC1. The van der Waals surface area contributed by atoms with Gasteiger partial charge in [0.25, 0.3) is 0 Å². The number of pyridine rings is 1. The molecule has 1 aromatic heterocycles. The van der Waals surface area contributed by atoms with Crippen LogP contribution in [0.15, 0.2) is 65.8 Å². The molecule has 0 N–H and O–H groups in total. The summed E-state index contributed by atoms with van der Waals surface area (Å²) >= 11 is 6.03. The molecule has 0 aliphatic carbocycles. The number of hydrogen-bond donors (Lipinski definition) is 0. The first-order chi connectivity index (χ1) is 15.9. The fourth-order valence-electron chi connectivity index (χ4n) is 4.75. The van der Waals surface area contributed by atoms with E-state index in [1.54, 1.807) is 48.8 Å². The number of fused-ring (bicyclic) bond motifs is 1. The Morgan fingerprint density at radius 3 is 2.30 bits per heavy atom. The van der Waals surface area contributed by atoms with E-state index >= 15 is 0 Å². The van der Waals surface area contributed by atoms with E-state index in [1.165, 1.54) is 4.31 Å². The number of hydrogen-bond acceptors (Lipinski definition) is 5. The van der Waals surface area contributed by atoms with E-state index in [0.717, 1.165) is 42.4 Å². The van der Waals surface area contributed by atoms with Gasteiger partial charge in [0.2, 0.25) is 15.9 Å². The van der Waals surface area contributed by atoms with Crippen molar-refractivity contribution in [1.82, 2.24) is 14.2 Å². The molecule has 1 amide bonds. The third-order valence-electron chi connectivity index (χ3n) is 6.57. The van der Waals surface area contributed by atoms with Crippen molar-refractivity contribution in [3.63, 3.8) is 0 Å². The highest BCUT2D eigenvalue weighted by Gasteiger charge is 2.36. The lowest BCUT2D eigenvalue weighted by Crippen LogP contribution is -2.57. The second-order valence-electron chi connectivity index (χ2n) is 8.50. The molecule has 0 radical (unpaired) electrons. The lowest BCUT2D eigenvalue weighted by atomic mass is 10.0. The second kappa shape index (κ2) is 8.93. The van der Waals surface area contributed by atoms with Gasteiger partial charge in [-0.25, -0.2) is 8.42 Å². The highest BCUT2D eigenvalue weighted by molar-refractivity contribution is 7.89. The summed E-state index contributed by atoms with van der Waals surface area (Å²) < 4.78 is 27.8. The number of benzene rings is 2. The van der Waals surface area contributed by atoms with E-state index < -0.39 is 10.0 Å². The summed E-state index contributed by atoms with van der Waals surface area (Å²) in [6.45, 7) is 2.33. The Bertz CT molecular complexity index is 1280. The first kappa shape index (κ1) is 22.1. The predicted octanol–water partition coefficient (Wildman–Crippen LogP) is 3.39. The molecule has 2 saturated heterocycles. The van der Waals surface area contributed by atoms with Gasteiger partial charge in [-0.15, -0.1) is 0 Å². The molecule has 5 rings (SSSR count). The Morgan fingerprint density at radius 2 is 1.58 bits per heavy atom. The van der Waals surface area contributed by atoms with Crippen LogP contribution in [-0.4, -0.2) is 67.3 Å². The summed E-state index contributed by atoms with van der Waals surface area (Å²) in [6, 6.07) is 14.5. The van der Waals surface area contributed by atoms with Gasteiger partial charge in [-0.05, 0) is 60.0 Å². The van der Waals surface area contributed by atoms with Crippen molar-refractivity contribution >= 4 is 44.0 Å². The van der Waals surface area contributed by atoms with Gasteiger partial charge in [0, 0.05) is 55.3 Å². The fraction of sp³-hybridized carbons (Fsp3) is 0.333. The van der Waals surface area contributed by atoms with Crippen LogP contribution in [0.5, 0.6) is 0 Å². The summed E-state index contributed by atoms with van der Waals surface area (Å²) in [6.07, 6.45) is 5.31. The van der Waals surface area contributed by atoms with Crippen molar-refractivity contribution in [2.24, 2.45) is 0 Å². The smallest absolute Gasteiger partial charge is 0.243 e. The maximum Gasteiger partial charge on any atom is 0.243 e. The molecule has 0 unspecified atom stereocenters. The number of sulfonamides is 1. The Labute approximate surface area is 198 Å². The van der Waals surface area contributed by atoms with Crippen molar-refractivity contribution in [3.05, 3.63) is 65.9 Å². The minimum atomic E-state index is -3.76. The van der Waals surface area contributed by atoms with E-state index in [-0.39, 0.29) is 23.4 Å². The normalized spacial score (nSPS) is 18.8. The zero-order chi connectivity index (χ0) is 23.0. The van der Waals surface area contributed by atoms with Crippen molar-refractivity contribution in [2.75, 3.05) is 37.6 Å². The van der Waals surface area contributed by atoms with Crippen LogP contribution in [0.25, 0.3) is 10.8 Å². The van der Waals surface area contributed by atoms with Gasteiger partial charge in [0.05, 0.1) is 11.4 Å². The first-order valence-corrected chi connectivity index (χ1v) is 12.9. The number of nitrogens with zero attached hydrogens (tertiary/aromatic N) is 4. The lowest BCUT2D eigenvalue weighted by Gasteiger charge is -2.42. The molecule has 0 saturated carbocycles. The quantitative estimate of drug-likeness (QED) is 0.567. The molecule has 2 aliphatic rings. The third-order valence-corrected chi connectivity index (χ3v) is 8.64. The van der Waals surface area contributed by atoms with Gasteiger partial charge >= 0.3 is 0 Å². The van der Waals surface area contributed by atoms with Gasteiger partial charge in [-0.1, -0.05) is 23.7 Å². The van der Waals surface area contributed by atoms with Crippen LogP contribution in [0.3, 0.4) is 0 Å². The first-order valence-electron chi connectivity index (χ1n) is 11.1. The molecule has 33 heavy (non-hydrogen) atoms. The van der Waals surface area contributed by atoms with Crippen molar-refractivity contribution in [2.45, 2.75) is 23.8 Å². The molecule has 9 heteroatoms. The second-order valence-corrected chi connectivity index (χ2v) is 10.9. The number of rotatable bonds is 4. The molecule has 2 fully saturated rings. The average molecular weight is 485 g/mol. The molecular weight excluding hydrogens is 460 g/mol. The highest BCUT2D eigenvalue weighted by Crippen LogP contribution is 2.27. The zero-order valence-corrected chi connectivity index (χ0v) is 19.7. The number of halogens is 1. The van der Waals surface area contributed by atoms with Crippen LogP contribution in [-0.2, 0) is 14.8 Å². The number of piperidine rings is 1. The summed E-state index contributed by atoms with van der Waals surface area (Å²) in [5.41, 5.74) is 1.14. The lowest BCUT2D eigenvalue weighted by molar-refractivity contribution is -0.137. The van der Waals surface area contributed by atoms with E-state index in [9.17, 15) is 13.2 Å². The largest absolute Gasteiger partial charge is 0.371 e. The van der Waals surface area contributed by atoms with Crippen LogP contribution < -0.4 is 4.90 Å². The zero-order valence-electron chi connectivity index (χ0n) is 18.1. The Balaban J connectivity index is 1.25. The topological polar surface area (TPSA) is 73.8 Å². The fourth-order valence-corrected chi connectivity index (χ4v) is 6.35. The molecule has 3 heterocycles. The molecular formula is C24H25ClN4O3S. The summed E-state index contributed by atoms with van der Waals surface area (Å²) in [7, 11) is -3.76. The van der Waals surface area contributed by atoms with Crippen molar-refractivity contribution in [1.29, 1.82) is 0 Å². The maximum atomic E-state index is 13.2. The molecule has 0 spiro atoms. The van der Waals surface area contributed by atoms with E-state index in [4.69, 9.17) is 11.6 Å². The summed E-state index contributed by atoms with van der Waals surface area (Å²) in [5.74, 6) is -0.125. The van der Waals surface area contributed by atoms with Gasteiger partial charge in [0.15, 0.2) is 0 Å². The third kappa shape index (κ3) is 4.43. The van der Waals surface area contributed by atoms with Crippen molar-refractivity contribution < 1.29 is 13.2 Å². The van der Waals surface area contributed by atoms with E-state index in [2.05, 4.69) is 9.88 Å². The Morgan fingerprint density at radius 1 is 0.879 bits per heavy atom. The van der Waals surface area contributed by atoms with Gasteiger partial charge in [-0.3, -0.25) is 9.78 Å². The predicted molar refractivity (Wildman–Crippen MR) is 129 cm³/mol. The number of carbonyl (C=O) groups excluding carboxylic acids is 1. The highest BCUT2D eigenvalue weighted by atomic mass is 35.5. The molecule has 3 aromatic rings. The molecule has 0 bridgehead atoms. The van der Waals surface area contributed by atoms with Crippen LogP contribution in [0.2, 0.25) is 5.02 Å². The van der Waals surface area contributed by atoms with Crippen LogP contribution >= 0.6 is 11.6 Å². The number of aromatic nitrogens is 1.